The number of aliphatic hydroxyl groups is 1. The summed E-state index contributed by atoms with van der Waals surface area (Å²) in [5.74, 6) is 0.240. The van der Waals surface area contributed by atoms with E-state index in [0.29, 0.717) is 32.6 Å². The Labute approximate surface area is 124 Å². The summed E-state index contributed by atoms with van der Waals surface area (Å²) in [6.45, 7) is 1.99. The zero-order valence-corrected chi connectivity index (χ0v) is 12.1. The number of aromatic nitrogens is 1. The van der Waals surface area contributed by atoms with Gasteiger partial charge in [0, 0.05) is 38.1 Å². The lowest BCUT2D eigenvalue weighted by atomic mass is 9.97. The smallest absolute Gasteiger partial charge is 0.226 e. The highest BCUT2D eigenvalue weighted by Gasteiger charge is 2.38. The highest BCUT2D eigenvalue weighted by atomic mass is 16.5. The SMILES string of the molecule is O=C(C1CCOCC1)N1CC[C@H](O)[C@@H]1Cc1cccnc1. The number of rotatable bonds is 3. The number of hydrogen-bond acceptors (Lipinski definition) is 4. The zero-order valence-electron chi connectivity index (χ0n) is 12.1. The van der Waals surface area contributed by atoms with Gasteiger partial charge in [0.2, 0.25) is 5.91 Å². The van der Waals surface area contributed by atoms with E-state index >= 15 is 0 Å². The van der Waals surface area contributed by atoms with Crippen LogP contribution in [0, 0.1) is 5.92 Å². The molecule has 0 aromatic carbocycles. The Morgan fingerprint density at radius 3 is 2.90 bits per heavy atom. The van der Waals surface area contributed by atoms with Crippen molar-refractivity contribution < 1.29 is 14.6 Å². The minimum absolute atomic E-state index is 0.0560. The fourth-order valence-corrected chi connectivity index (χ4v) is 3.30. The molecule has 114 valence electrons. The van der Waals surface area contributed by atoms with Gasteiger partial charge < -0.3 is 14.7 Å². The maximum atomic E-state index is 12.7. The topological polar surface area (TPSA) is 62.7 Å². The summed E-state index contributed by atoms with van der Waals surface area (Å²) in [6, 6.07) is 3.76. The number of nitrogens with zero attached hydrogens (tertiary/aromatic N) is 2. The first-order valence-electron chi connectivity index (χ1n) is 7.71. The molecule has 0 aliphatic carbocycles. The fourth-order valence-electron chi connectivity index (χ4n) is 3.30. The summed E-state index contributed by atoms with van der Waals surface area (Å²) in [5.41, 5.74) is 1.06. The molecular formula is C16H22N2O3. The monoisotopic (exact) mass is 290 g/mol. The first-order chi connectivity index (χ1) is 10.3. The number of pyridine rings is 1. The largest absolute Gasteiger partial charge is 0.391 e. The van der Waals surface area contributed by atoms with Crippen LogP contribution >= 0.6 is 0 Å². The van der Waals surface area contributed by atoms with Gasteiger partial charge in [-0.15, -0.1) is 0 Å². The van der Waals surface area contributed by atoms with Crippen molar-refractivity contribution in [2.75, 3.05) is 19.8 Å². The number of carbonyl (C=O) groups excluding carboxylic acids is 1. The standard InChI is InChI=1S/C16H22N2O3/c19-15-3-7-18(16(20)13-4-8-21-9-5-13)14(15)10-12-2-1-6-17-11-12/h1-2,6,11,13-15,19H,3-5,7-10H2/t14-,15-/m0/s1. The number of amides is 1. The summed E-state index contributed by atoms with van der Waals surface area (Å²) in [5, 5.41) is 10.2. The average molecular weight is 290 g/mol. The van der Waals surface area contributed by atoms with E-state index in [1.165, 1.54) is 0 Å². The van der Waals surface area contributed by atoms with Crippen LogP contribution in [0.5, 0.6) is 0 Å². The molecule has 2 atom stereocenters. The zero-order chi connectivity index (χ0) is 14.7. The Balaban J connectivity index is 1.69. The van der Waals surface area contributed by atoms with Crippen LogP contribution in [0.1, 0.15) is 24.8 Å². The molecule has 2 aliphatic rings. The lowest BCUT2D eigenvalue weighted by molar-refractivity contribution is -0.140. The molecule has 5 nitrogen and oxygen atoms in total. The van der Waals surface area contributed by atoms with E-state index in [0.717, 1.165) is 18.4 Å². The number of carbonyl (C=O) groups is 1. The molecular weight excluding hydrogens is 268 g/mol. The van der Waals surface area contributed by atoms with Gasteiger partial charge in [-0.1, -0.05) is 6.07 Å². The van der Waals surface area contributed by atoms with E-state index in [2.05, 4.69) is 4.98 Å². The van der Waals surface area contributed by atoms with E-state index < -0.39 is 6.10 Å². The first kappa shape index (κ1) is 14.5. The third-order valence-corrected chi connectivity index (χ3v) is 4.53. The van der Waals surface area contributed by atoms with Crippen LogP contribution in [0.25, 0.3) is 0 Å². The summed E-state index contributed by atoms with van der Waals surface area (Å²) in [6.07, 6.45) is 6.04. The Morgan fingerprint density at radius 1 is 1.38 bits per heavy atom. The number of ether oxygens (including phenoxy) is 1. The first-order valence-corrected chi connectivity index (χ1v) is 7.71. The Kier molecular flexibility index (Phi) is 4.51. The second-order valence-corrected chi connectivity index (χ2v) is 5.91. The van der Waals surface area contributed by atoms with Crippen LogP contribution in [0.3, 0.4) is 0 Å². The van der Waals surface area contributed by atoms with Gasteiger partial charge >= 0.3 is 0 Å². The molecule has 5 heteroatoms. The predicted octanol–water partition coefficient (Wildman–Crippen LogP) is 1.01. The molecule has 2 fully saturated rings. The normalized spacial score (nSPS) is 27.0. The molecule has 3 heterocycles. The van der Waals surface area contributed by atoms with Crippen LogP contribution in [0.15, 0.2) is 24.5 Å². The molecule has 3 rings (SSSR count). The second-order valence-electron chi connectivity index (χ2n) is 5.91. The van der Waals surface area contributed by atoms with Crippen molar-refractivity contribution in [1.29, 1.82) is 0 Å². The van der Waals surface area contributed by atoms with E-state index in [4.69, 9.17) is 4.74 Å². The lowest BCUT2D eigenvalue weighted by Crippen LogP contribution is -2.45. The highest BCUT2D eigenvalue weighted by Crippen LogP contribution is 2.26. The molecule has 1 N–H and O–H groups in total. The van der Waals surface area contributed by atoms with E-state index in [-0.39, 0.29) is 17.9 Å². The average Bonchev–Trinajstić information content (AvgIpc) is 2.90. The summed E-state index contributed by atoms with van der Waals surface area (Å²) < 4.78 is 5.33. The molecule has 21 heavy (non-hydrogen) atoms. The molecule has 2 saturated heterocycles. The quantitative estimate of drug-likeness (QED) is 0.902. The van der Waals surface area contributed by atoms with Gasteiger partial charge in [-0.25, -0.2) is 0 Å². The molecule has 1 amide bonds. The Morgan fingerprint density at radius 2 is 2.19 bits per heavy atom. The van der Waals surface area contributed by atoms with Crippen molar-refractivity contribution in [2.24, 2.45) is 5.92 Å². The van der Waals surface area contributed by atoms with Gasteiger partial charge in [0.15, 0.2) is 0 Å². The van der Waals surface area contributed by atoms with Crippen LogP contribution in [0.4, 0.5) is 0 Å². The predicted molar refractivity (Wildman–Crippen MR) is 77.6 cm³/mol. The summed E-state index contributed by atoms with van der Waals surface area (Å²) in [7, 11) is 0. The summed E-state index contributed by atoms with van der Waals surface area (Å²) in [4.78, 5) is 18.7. The Hall–Kier alpha value is -1.46. The van der Waals surface area contributed by atoms with Crippen molar-refractivity contribution in [2.45, 2.75) is 37.8 Å². The molecule has 1 aromatic rings. The van der Waals surface area contributed by atoms with E-state index in [9.17, 15) is 9.90 Å². The van der Waals surface area contributed by atoms with E-state index in [1.807, 2.05) is 23.2 Å². The molecule has 2 aliphatic heterocycles. The number of likely N-dealkylation sites (tertiary alicyclic amines) is 1. The number of aliphatic hydroxyl groups excluding tert-OH is 1. The minimum Gasteiger partial charge on any atom is -0.391 e. The van der Waals surface area contributed by atoms with Crippen molar-refractivity contribution in [1.82, 2.24) is 9.88 Å². The highest BCUT2D eigenvalue weighted by molar-refractivity contribution is 5.79. The van der Waals surface area contributed by atoms with Gasteiger partial charge in [-0.2, -0.15) is 0 Å². The van der Waals surface area contributed by atoms with Gasteiger partial charge in [0.05, 0.1) is 12.1 Å². The van der Waals surface area contributed by atoms with Crippen molar-refractivity contribution in [3.05, 3.63) is 30.1 Å². The maximum absolute atomic E-state index is 12.7. The van der Waals surface area contributed by atoms with Crippen LogP contribution in [-0.4, -0.2) is 52.8 Å². The Bertz CT molecular complexity index is 474. The molecule has 1 aromatic heterocycles. The van der Waals surface area contributed by atoms with Crippen molar-refractivity contribution >= 4 is 5.91 Å². The molecule has 0 bridgehead atoms. The number of hydrogen-bond donors (Lipinski definition) is 1. The minimum atomic E-state index is -0.436. The van der Waals surface area contributed by atoms with Gasteiger partial charge in [-0.3, -0.25) is 9.78 Å². The fraction of sp³-hybridized carbons (Fsp3) is 0.625. The molecule has 0 unspecified atom stereocenters. The van der Waals surface area contributed by atoms with Gasteiger partial charge in [0.25, 0.3) is 0 Å². The van der Waals surface area contributed by atoms with Gasteiger partial charge in [0.1, 0.15) is 0 Å². The molecule has 0 radical (unpaired) electrons. The third kappa shape index (κ3) is 3.24. The lowest BCUT2D eigenvalue weighted by Gasteiger charge is -2.31. The van der Waals surface area contributed by atoms with E-state index in [1.54, 1.807) is 6.20 Å². The van der Waals surface area contributed by atoms with Gasteiger partial charge in [-0.05, 0) is 37.3 Å². The van der Waals surface area contributed by atoms with Crippen LogP contribution < -0.4 is 0 Å². The molecule has 0 saturated carbocycles. The van der Waals surface area contributed by atoms with Crippen molar-refractivity contribution in [3.8, 4) is 0 Å². The van der Waals surface area contributed by atoms with Crippen molar-refractivity contribution in [3.63, 3.8) is 0 Å². The third-order valence-electron chi connectivity index (χ3n) is 4.53. The maximum Gasteiger partial charge on any atom is 0.226 e. The summed E-state index contributed by atoms with van der Waals surface area (Å²) >= 11 is 0. The van der Waals surface area contributed by atoms with Crippen LogP contribution in [0.2, 0.25) is 0 Å². The molecule has 0 spiro atoms. The van der Waals surface area contributed by atoms with Crippen LogP contribution in [-0.2, 0) is 16.0 Å². The second kappa shape index (κ2) is 6.54.